The number of carbonyl (C=O) groups excluding carboxylic acids is 1. The Morgan fingerprint density at radius 2 is 1.95 bits per heavy atom. The highest BCUT2D eigenvalue weighted by Gasteiger charge is 2.52. The Bertz CT molecular complexity index is 579. The van der Waals surface area contributed by atoms with Gasteiger partial charge in [-0.2, -0.15) is 5.10 Å². The topological polar surface area (TPSA) is 53.4 Å². The van der Waals surface area contributed by atoms with Gasteiger partial charge in [0.1, 0.15) is 0 Å². The molecule has 1 fully saturated rings. The molecule has 0 aromatic carbocycles. The zero-order valence-corrected chi connectivity index (χ0v) is 14.9. The summed E-state index contributed by atoms with van der Waals surface area (Å²) in [5.74, 6) is 0.530. The summed E-state index contributed by atoms with van der Waals surface area (Å²) in [6, 6.07) is 1.92. The quantitative estimate of drug-likeness (QED) is 0.798. The van der Waals surface area contributed by atoms with Gasteiger partial charge in [-0.3, -0.25) is 9.48 Å². The van der Waals surface area contributed by atoms with E-state index in [1.54, 1.807) is 11.6 Å². The molecule has 0 unspecified atom stereocenters. The smallest absolute Gasteiger partial charge is 0.400 e. The Morgan fingerprint density at radius 1 is 1.36 bits per heavy atom. The number of carbonyl (C=O) groups is 1. The second kappa shape index (κ2) is 6.22. The second-order valence-corrected chi connectivity index (χ2v) is 7.65. The zero-order chi connectivity index (χ0) is 16.5. The van der Waals surface area contributed by atoms with Gasteiger partial charge in [0.25, 0.3) is 0 Å². The molecule has 1 aliphatic rings. The van der Waals surface area contributed by atoms with E-state index >= 15 is 0 Å². The third-order valence-electron chi connectivity index (χ3n) is 4.07. The minimum absolute atomic E-state index is 0.0726. The average Bonchev–Trinajstić information content (AvgIpc) is 2.86. The third-order valence-corrected chi connectivity index (χ3v) is 4.95. The third kappa shape index (κ3) is 3.83. The van der Waals surface area contributed by atoms with Crippen LogP contribution in [0.5, 0.6) is 0 Å². The fourth-order valence-electron chi connectivity index (χ4n) is 2.06. The number of rotatable bonds is 4. The van der Waals surface area contributed by atoms with Crippen LogP contribution in [-0.2, 0) is 21.2 Å². The molecule has 1 aliphatic heterocycles. The van der Waals surface area contributed by atoms with E-state index in [0.29, 0.717) is 5.75 Å². The van der Waals surface area contributed by atoms with Crippen LogP contribution in [0.3, 0.4) is 0 Å². The largest absolute Gasteiger partial charge is 0.491 e. The number of nitrogens with zero attached hydrogens (tertiary/aromatic N) is 2. The van der Waals surface area contributed by atoms with Crippen LogP contribution in [0.2, 0.25) is 0 Å². The lowest BCUT2D eigenvalue weighted by Gasteiger charge is -2.32. The summed E-state index contributed by atoms with van der Waals surface area (Å²) in [7, 11) is 1.41. The van der Waals surface area contributed by atoms with E-state index in [0.717, 1.165) is 11.2 Å². The minimum atomic E-state index is -0.459. The van der Waals surface area contributed by atoms with Crippen LogP contribution in [0.15, 0.2) is 17.7 Å². The normalized spacial score (nSPS) is 20.5. The Labute approximate surface area is 136 Å². The number of aryl methyl sites for hydroxylation is 1. The molecule has 0 saturated carbocycles. The van der Waals surface area contributed by atoms with Gasteiger partial charge in [-0.15, -0.1) is 0 Å². The Hall–Kier alpha value is -1.05. The van der Waals surface area contributed by atoms with E-state index in [2.05, 4.69) is 5.10 Å². The van der Waals surface area contributed by atoms with Gasteiger partial charge in [0, 0.05) is 25.9 Å². The highest BCUT2D eigenvalue weighted by molar-refractivity contribution is 8.13. The first-order valence-electron chi connectivity index (χ1n) is 7.30. The van der Waals surface area contributed by atoms with Crippen LogP contribution in [0.25, 0.3) is 6.08 Å². The number of aromatic nitrogens is 2. The lowest BCUT2D eigenvalue weighted by atomic mass is 9.78. The van der Waals surface area contributed by atoms with Gasteiger partial charge in [-0.1, -0.05) is 11.8 Å². The summed E-state index contributed by atoms with van der Waals surface area (Å²) < 4.78 is 13.9. The molecule has 2 heterocycles. The van der Waals surface area contributed by atoms with E-state index in [1.807, 2.05) is 53.1 Å². The Kier molecular flexibility index (Phi) is 4.89. The van der Waals surface area contributed by atoms with Crippen molar-refractivity contribution in [1.29, 1.82) is 0 Å². The number of hydrogen-bond donors (Lipinski definition) is 0. The maximum absolute atomic E-state index is 11.3. The highest BCUT2D eigenvalue weighted by Crippen LogP contribution is 2.39. The van der Waals surface area contributed by atoms with Gasteiger partial charge >= 0.3 is 7.12 Å². The van der Waals surface area contributed by atoms with Gasteiger partial charge in [0.05, 0.1) is 16.9 Å². The molecule has 0 N–H and O–H groups in total. The molecule has 5 nitrogen and oxygen atoms in total. The van der Waals surface area contributed by atoms with Crippen LogP contribution in [0.1, 0.15) is 40.3 Å². The molecule has 2 rings (SSSR count). The van der Waals surface area contributed by atoms with Crippen molar-refractivity contribution in [2.24, 2.45) is 7.05 Å². The molecule has 0 atom stereocenters. The molecule has 0 radical (unpaired) electrons. The van der Waals surface area contributed by atoms with Crippen molar-refractivity contribution in [2.75, 3.05) is 5.75 Å². The summed E-state index contributed by atoms with van der Waals surface area (Å²) in [5, 5.41) is 4.43. The maximum Gasteiger partial charge on any atom is 0.491 e. The van der Waals surface area contributed by atoms with Gasteiger partial charge in [0.2, 0.25) is 0 Å². The summed E-state index contributed by atoms with van der Waals surface area (Å²) in [6.45, 7) is 9.63. The maximum atomic E-state index is 11.3. The summed E-state index contributed by atoms with van der Waals surface area (Å²) in [6.07, 6.45) is 3.82. The fourth-order valence-corrected chi connectivity index (χ4v) is 2.65. The van der Waals surface area contributed by atoms with Crippen LogP contribution < -0.4 is 0 Å². The molecule has 7 heteroatoms. The first-order chi connectivity index (χ1) is 10.1. The SMILES string of the molecule is CC(=O)SCC(=Cc1ccn(C)n1)B1OC(C)(C)C(C)(C)O1. The van der Waals surface area contributed by atoms with Crippen LogP contribution in [-0.4, -0.2) is 39.0 Å². The van der Waals surface area contributed by atoms with Gasteiger partial charge in [0.15, 0.2) is 5.12 Å². The molecule has 1 aromatic heterocycles. The van der Waals surface area contributed by atoms with E-state index < -0.39 is 18.3 Å². The van der Waals surface area contributed by atoms with E-state index in [1.165, 1.54) is 11.8 Å². The monoisotopic (exact) mass is 322 g/mol. The second-order valence-electron chi connectivity index (χ2n) is 6.50. The summed E-state index contributed by atoms with van der Waals surface area (Å²) in [4.78, 5) is 11.3. The highest BCUT2D eigenvalue weighted by atomic mass is 32.2. The van der Waals surface area contributed by atoms with Crippen molar-refractivity contribution >= 4 is 30.1 Å². The number of thioether (sulfide) groups is 1. The summed E-state index contributed by atoms with van der Waals surface area (Å²) >= 11 is 1.25. The molecule has 0 spiro atoms. The lowest BCUT2D eigenvalue weighted by molar-refractivity contribution is -0.109. The molecule has 1 aromatic rings. The van der Waals surface area contributed by atoms with Crippen LogP contribution in [0, 0.1) is 0 Å². The van der Waals surface area contributed by atoms with Crippen molar-refractivity contribution in [3.63, 3.8) is 0 Å². The van der Waals surface area contributed by atoms with Crippen molar-refractivity contribution in [1.82, 2.24) is 9.78 Å². The molecule has 0 amide bonds. The Morgan fingerprint density at radius 3 is 2.41 bits per heavy atom. The van der Waals surface area contributed by atoms with Crippen LogP contribution >= 0.6 is 11.8 Å². The fraction of sp³-hybridized carbons (Fsp3) is 0.600. The first-order valence-corrected chi connectivity index (χ1v) is 8.28. The van der Waals surface area contributed by atoms with Gasteiger partial charge in [-0.25, -0.2) is 0 Å². The molecule has 1 saturated heterocycles. The first kappa shape index (κ1) is 17.3. The molecule has 22 heavy (non-hydrogen) atoms. The standard InChI is InChI=1S/C15H23BN2O3S/c1-11(19)22-10-12(9-13-7-8-18(6)17-13)16-20-14(2,3)15(4,5)21-16/h7-9H,10H2,1-6H3. The molecule has 0 aliphatic carbocycles. The molecular weight excluding hydrogens is 299 g/mol. The Balaban J connectivity index is 2.25. The van der Waals surface area contributed by atoms with Crippen molar-refractivity contribution < 1.29 is 14.1 Å². The average molecular weight is 322 g/mol. The zero-order valence-electron chi connectivity index (χ0n) is 14.0. The summed E-state index contributed by atoms with van der Waals surface area (Å²) in [5.41, 5.74) is 0.942. The van der Waals surface area contributed by atoms with Crippen molar-refractivity contribution in [3.05, 3.63) is 23.4 Å². The van der Waals surface area contributed by atoms with E-state index in [4.69, 9.17) is 9.31 Å². The van der Waals surface area contributed by atoms with E-state index in [9.17, 15) is 4.79 Å². The predicted octanol–water partition coefficient (Wildman–Crippen LogP) is 2.71. The minimum Gasteiger partial charge on any atom is -0.400 e. The van der Waals surface area contributed by atoms with Crippen LogP contribution in [0.4, 0.5) is 0 Å². The van der Waals surface area contributed by atoms with Crippen molar-refractivity contribution in [3.8, 4) is 0 Å². The molecule has 0 bridgehead atoms. The van der Waals surface area contributed by atoms with Gasteiger partial charge < -0.3 is 9.31 Å². The lowest BCUT2D eigenvalue weighted by Crippen LogP contribution is -2.41. The molecular formula is C15H23BN2O3S. The number of hydrogen-bond acceptors (Lipinski definition) is 5. The van der Waals surface area contributed by atoms with Crippen molar-refractivity contribution in [2.45, 2.75) is 45.8 Å². The van der Waals surface area contributed by atoms with Gasteiger partial charge in [-0.05, 0) is 45.3 Å². The van der Waals surface area contributed by atoms with E-state index in [-0.39, 0.29) is 5.12 Å². The molecule has 120 valence electrons. The predicted molar refractivity (Wildman–Crippen MR) is 90.4 cm³/mol.